The Hall–Kier alpha value is -1.15. The highest BCUT2D eigenvalue weighted by Gasteiger charge is 2.09. The van der Waals surface area contributed by atoms with Gasteiger partial charge in [-0.05, 0) is 30.5 Å². The van der Waals surface area contributed by atoms with Crippen LogP contribution in [0.25, 0.3) is 10.1 Å². The van der Waals surface area contributed by atoms with Gasteiger partial charge in [0.25, 0.3) is 0 Å². The first kappa shape index (κ1) is 12.3. The Bertz CT molecular complexity index is 556. The van der Waals surface area contributed by atoms with E-state index in [0.29, 0.717) is 5.92 Å². The van der Waals surface area contributed by atoms with Gasteiger partial charge in [-0.25, -0.2) is 0 Å². The molecule has 1 unspecified atom stereocenters. The molecular formula is C15H18OS. The highest BCUT2D eigenvalue weighted by atomic mass is 32.1. The summed E-state index contributed by atoms with van der Waals surface area (Å²) in [6.45, 7) is 4.42. The highest BCUT2D eigenvalue weighted by Crippen LogP contribution is 2.28. The molecule has 0 amide bonds. The third kappa shape index (κ3) is 2.75. The summed E-state index contributed by atoms with van der Waals surface area (Å²) in [6, 6.07) is 9.70. The summed E-state index contributed by atoms with van der Waals surface area (Å²) >= 11 is 1.76. The van der Waals surface area contributed by atoms with Crippen LogP contribution in [0, 0.1) is 0 Å². The molecule has 1 heterocycles. The second-order valence-corrected chi connectivity index (χ2v) is 5.67. The molecule has 0 saturated carbocycles. The minimum atomic E-state index is 0.165. The Labute approximate surface area is 106 Å². The molecule has 1 nitrogen and oxygen atoms in total. The van der Waals surface area contributed by atoms with Crippen LogP contribution in [0.5, 0.6) is 0 Å². The molecule has 1 aromatic heterocycles. The highest BCUT2D eigenvalue weighted by molar-refractivity contribution is 7.18. The standard InChI is InChI=1S/C15H18OS/c1-3-4-7-11(2)15-10-13(16)12-8-5-6-9-14(12)17-15/h5-6,8-11H,3-4,7H2,1-2H3. The fourth-order valence-corrected chi connectivity index (χ4v) is 3.18. The molecule has 0 fully saturated rings. The predicted molar refractivity (Wildman–Crippen MR) is 76.0 cm³/mol. The summed E-state index contributed by atoms with van der Waals surface area (Å²) in [5, 5.41) is 0.851. The van der Waals surface area contributed by atoms with Gasteiger partial charge in [0.05, 0.1) is 0 Å². The van der Waals surface area contributed by atoms with Crippen molar-refractivity contribution in [2.45, 2.75) is 39.0 Å². The van der Waals surface area contributed by atoms with E-state index in [2.05, 4.69) is 13.8 Å². The SMILES string of the molecule is CCCCC(C)c1cc(=O)c2ccccc2s1. The first-order chi connectivity index (χ1) is 8.22. The Morgan fingerprint density at radius 1 is 1.29 bits per heavy atom. The van der Waals surface area contributed by atoms with E-state index in [-0.39, 0.29) is 5.43 Å². The zero-order chi connectivity index (χ0) is 12.3. The number of hydrogen-bond acceptors (Lipinski definition) is 2. The van der Waals surface area contributed by atoms with E-state index in [0.717, 1.165) is 10.1 Å². The van der Waals surface area contributed by atoms with Crippen molar-refractivity contribution in [1.29, 1.82) is 0 Å². The van der Waals surface area contributed by atoms with Crippen LogP contribution in [-0.2, 0) is 0 Å². The summed E-state index contributed by atoms with van der Waals surface area (Å²) in [6.07, 6.45) is 3.62. The molecule has 0 aliphatic carbocycles. The number of unbranched alkanes of at least 4 members (excludes halogenated alkanes) is 1. The Morgan fingerprint density at radius 2 is 2.06 bits per heavy atom. The van der Waals surface area contributed by atoms with Crippen LogP contribution in [0.15, 0.2) is 35.1 Å². The summed E-state index contributed by atoms with van der Waals surface area (Å²) < 4.78 is 1.11. The number of fused-ring (bicyclic) bond motifs is 1. The van der Waals surface area contributed by atoms with Gasteiger partial charge in [0.2, 0.25) is 0 Å². The lowest BCUT2D eigenvalue weighted by molar-refractivity contribution is 0.631. The normalized spacial score (nSPS) is 12.8. The molecule has 0 radical (unpaired) electrons. The third-order valence-corrected chi connectivity index (χ3v) is 4.46. The van der Waals surface area contributed by atoms with E-state index in [1.165, 1.54) is 24.1 Å². The second-order valence-electron chi connectivity index (χ2n) is 4.55. The van der Waals surface area contributed by atoms with Crippen LogP contribution in [0.2, 0.25) is 0 Å². The van der Waals surface area contributed by atoms with Gasteiger partial charge in [-0.2, -0.15) is 0 Å². The zero-order valence-corrected chi connectivity index (χ0v) is 11.2. The maximum atomic E-state index is 12.0. The fraction of sp³-hybridized carbons (Fsp3) is 0.400. The lowest BCUT2D eigenvalue weighted by Gasteiger charge is -2.10. The van der Waals surface area contributed by atoms with E-state index >= 15 is 0 Å². The summed E-state index contributed by atoms with van der Waals surface area (Å²) in [5.74, 6) is 0.497. The van der Waals surface area contributed by atoms with Crippen molar-refractivity contribution in [2.24, 2.45) is 0 Å². The van der Waals surface area contributed by atoms with Gasteiger partial charge >= 0.3 is 0 Å². The lowest BCUT2D eigenvalue weighted by Crippen LogP contribution is -2.02. The smallest absolute Gasteiger partial charge is 0.188 e. The van der Waals surface area contributed by atoms with Gasteiger partial charge in [0.1, 0.15) is 0 Å². The summed E-state index contributed by atoms with van der Waals surface area (Å²) in [4.78, 5) is 13.2. The van der Waals surface area contributed by atoms with E-state index in [1.54, 1.807) is 11.3 Å². The Kier molecular flexibility index (Phi) is 3.95. The largest absolute Gasteiger partial charge is 0.289 e. The molecule has 0 aliphatic rings. The average molecular weight is 246 g/mol. The maximum Gasteiger partial charge on any atom is 0.188 e. The van der Waals surface area contributed by atoms with Crippen LogP contribution in [0.3, 0.4) is 0 Å². The van der Waals surface area contributed by atoms with Gasteiger partial charge in [-0.1, -0.05) is 38.8 Å². The van der Waals surface area contributed by atoms with Gasteiger partial charge in [-0.15, -0.1) is 11.3 Å². The molecular weight excluding hydrogens is 228 g/mol. The van der Waals surface area contributed by atoms with Crippen LogP contribution in [0.4, 0.5) is 0 Å². The maximum absolute atomic E-state index is 12.0. The van der Waals surface area contributed by atoms with Gasteiger partial charge < -0.3 is 0 Å². The molecule has 2 rings (SSSR count). The van der Waals surface area contributed by atoms with Crippen LogP contribution >= 0.6 is 11.3 Å². The average Bonchev–Trinajstić information content (AvgIpc) is 2.36. The van der Waals surface area contributed by atoms with Crippen molar-refractivity contribution in [3.63, 3.8) is 0 Å². The van der Waals surface area contributed by atoms with Crippen molar-refractivity contribution >= 4 is 21.4 Å². The molecule has 1 aromatic carbocycles. The molecule has 0 N–H and O–H groups in total. The minimum absolute atomic E-state index is 0.165. The molecule has 1 atom stereocenters. The molecule has 17 heavy (non-hydrogen) atoms. The lowest BCUT2D eigenvalue weighted by atomic mass is 10.0. The topological polar surface area (TPSA) is 17.1 Å². The first-order valence-electron chi connectivity index (χ1n) is 6.25. The fourth-order valence-electron chi connectivity index (χ4n) is 2.02. The monoisotopic (exact) mass is 246 g/mol. The van der Waals surface area contributed by atoms with Gasteiger partial charge in [0, 0.05) is 15.0 Å². The predicted octanol–water partition coefficient (Wildman–Crippen LogP) is 4.56. The third-order valence-electron chi connectivity index (χ3n) is 3.13. The molecule has 2 aromatic rings. The van der Waals surface area contributed by atoms with Gasteiger partial charge in [-0.3, -0.25) is 4.79 Å². The number of hydrogen-bond donors (Lipinski definition) is 0. The van der Waals surface area contributed by atoms with Crippen molar-refractivity contribution in [1.82, 2.24) is 0 Å². The van der Waals surface area contributed by atoms with E-state index in [9.17, 15) is 4.79 Å². The van der Waals surface area contributed by atoms with Crippen molar-refractivity contribution in [2.75, 3.05) is 0 Å². The molecule has 2 heteroatoms. The molecule has 0 saturated heterocycles. The number of benzene rings is 1. The quantitative estimate of drug-likeness (QED) is 0.773. The Balaban J connectivity index is 2.39. The van der Waals surface area contributed by atoms with Crippen LogP contribution < -0.4 is 5.43 Å². The van der Waals surface area contributed by atoms with Crippen molar-refractivity contribution in [3.05, 3.63) is 45.4 Å². The molecule has 0 aliphatic heterocycles. The molecule has 0 spiro atoms. The van der Waals surface area contributed by atoms with Crippen LogP contribution in [-0.4, -0.2) is 0 Å². The summed E-state index contributed by atoms with van der Waals surface area (Å²) in [7, 11) is 0. The second kappa shape index (κ2) is 5.46. The van der Waals surface area contributed by atoms with E-state index in [1.807, 2.05) is 30.3 Å². The van der Waals surface area contributed by atoms with E-state index in [4.69, 9.17) is 0 Å². The van der Waals surface area contributed by atoms with Gasteiger partial charge in [0.15, 0.2) is 5.43 Å². The molecule has 0 bridgehead atoms. The molecule has 90 valence electrons. The zero-order valence-electron chi connectivity index (χ0n) is 10.4. The number of rotatable bonds is 4. The Morgan fingerprint density at radius 3 is 2.82 bits per heavy atom. The minimum Gasteiger partial charge on any atom is -0.289 e. The van der Waals surface area contributed by atoms with Crippen molar-refractivity contribution in [3.8, 4) is 0 Å². The first-order valence-corrected chi connectivity index (χ1v) is 7.06. The summed E-state index contributed by atoms with van der Waals surface area (Å²) in [5.41, 5.74) is 0.165. The van der Waals surface area contributed by atoms with Crippen molar-refractivity contribution < 1.29 is 0 Å². The van der Waals surface area contributed by atoms with E-state index < -0.39 is 0 Å². The van der Waals surface area contributed by atoms with Crippen LogP contribution in [0.1, 0.15) is 43.9 Å².